The van der Waals surface area contributed by atoms with E-state index < -0.39 is 57.6 Å². The highest BCUT2D eigenvalue weighted by Gasteiger charge is 2.56. The molecule has 0 aromatic rings. The first-order valence-corrected chi connectivity index (χ1v) is 25.6. The quantitative estimate of drug-likeness (QED) is 0.180. The standard InChI is InChI=1S/C22H54O8Si4/c1-23-21(24-2)22(25-3,26-4)20(30-34(14,15)16)19(29-33(11,12)13)18(28-32(8,9)10)17-27-31(5,6)7/h18-21H,17H2,1-16H3/t18-,19-,20+/m1/s1. The van der Waals surface area contributed by atoms with Crippen molar-refractivity contribution in [2.45, 2.75) is 109 Å². The Hall–Kier alpha value is 0.548. The van der Waals surface area contributed by atoms with Crippen molar-refractivity contribution in [3.8, 4) is 0 Å². The van der Waals surface area contributed by atoms with Gasteiger partial charge in [0.05, 0.1) is 12.7 Å². The predicted molar refractivity (Wildman–Crippen MR) is 149 cm³/mol. The van der Waals surface area contributed by atoms with Gasteiger partial charge in [0.2, 0.25) is 12.1 Å². The summed E-state index contributed by atoms with van der Waals surface area (Å²) in [5.74, 6) is -1.39. The zero-order chi connectivity index (χ0) is 27.2. The van der Waals surface area contributed by atoms with Gasteiger partial charge in [0.15, 0.2) is 33.3 Å². The third-order valence-corrected chi connectivity index (χ3v) is 8.59. The smallest absolute Gasteiger partial charge is 0.248 e. The Balaban J connectivity index is 6.98. The molecule has 3 atom stereocenters. The minimum Gasteiger partial charge on any atom is -0.415 e. The molecule has 0 aliphatic heterocycles. The van der Waals surface area contributed by atoms with E-state index in [0.29, 0.717) is 6.61 Å². The third-order valence-electron chi connectivity index (χ3n) is 4.61. The van der Waals surface area contributed by atoms with Gasteiger partial charge < -0.3 is 36.7 Å². The average molecular weight is 559 g/mol. The van der Waals surface area contributed by atoms with Gasteiger partial charge >= 0.3 is 0 Å². The molecule has 0 aliphatic carbocycles. The third kappa shape index (κ3) is 12.2. The van der Waals surface area contributed by atoms with Crippen LogP contribution in [0.15, 0.2) is 0 Å². The SMILES string of the molecule is COC(OC)C(OC)(OC)[C@@H](O[Si](C)(C)C)[C@H](O[Si](C)(C)C)[C@@H](CO[Si](C)(C)C)O[Si](C)(C)C. The van der Waals surface area contributed by atoms with E-state index in [2.05, 4.69) is 78.6 Å². The molecule has 0 unspecified atom stereocenters. The van der Waals surface area contributed by atoms with Crippen LogP contribution in [0.3, 0.4) is 0 Å². The molecule has 206 valence electrons. The van der Waals surface area contributed by atoms with Gasteiger partial charge in [0.25, 0.3) is 0 Å². The molecule has 0 amide bonds. The van der Waals surface area contributed by atoms with Crippen molar-refractivity contribution in [1.82, 2.24) is 0 Å². The second-order valence-corrected chi connectivity index (χ2v) is 30.4. The van der Waals surface area contributed by atoms with Crippen molar-refractivity contribution in [3.63, 3.8) is 0 Å². The molecular formula is C22H54O8Si4. The van der Waals surface area contributed by atoms with Gasteiger partial charge in [0.1, 0.15) is 12.2 Å². The molecule has 0 saturated carbocycles. The van der Waals surface area contributed by atoms with E-state index in [9.17, 15) is 0 Å². The molecule has 8 nitrogen and oxygen atoms in total. The van der Waals surface area contributed by atoms with Gasteiger partial charge in [0, 0.05) is 28.4 Å². The van der Waals surface area contributed by atoms with E-state index in [1.165, 1.54) is 0 Å². The summed E-state index contributed by atoms with van der Waals surface area (Å²) in [6.45, 7) is 26.3. The zero-order valence-corrected chi connectivity index (χ0v) is 28.8. The summed E-state index contributed by atoms with van der Waals surface area (Å²) in [5, 5.41) is 0. The summed E-state index contributed by atoms with van der Waals surface area (Å²) in [6, 6.07) is 0. The van der Waals surface area contributed by atoms with E-state index in [1.807, 2.05) is 0 Å². The normalized spacial score (nSPS) is 17.2. The monoisotopic (exact) mass is 558 g/mol. The first kappa shape index (κ1) is 34.5. The van der Waals surface area contributed by atoms with Crippen molar-refractivity contribution in [3.05, 3.63) is 0 Å². The van der Waals surface area contributed by atoms with Gasteiger partial charge in [-0.25, -0.2) is 0 Å². The number of rotatable bonds is 17. The zero-order valence-electron chi connectivity index (χ0n) is 24.8. The number of ether oxygens (including phenoxy) is 4. The summed E-state index contributed by atoms with van der Waals surface area (Å²) < 4.78 is 50.3. The molecule has 0 spiro atoms. The van der Waals surface area contributed by atoms with Gasteiger partial charge in [-0.3, -0.25) is 0 Å². The molecule has 0 N–H and O–H groups in total. The van der Waals surface area contributed by atoms with Crippen LogP contribution in [0.5, 0.6) is 0 Å². The van der Waals surface area contributed by atoms with Crippen LogP contribution < -0.4 is 0 Å². The Bertz CT molecular complexity index is 573. The van der Waals surface area contributed by atoms with Crippen LogP contribution in [0.25, 0.3) is 0 Å². The maximum absolute atomic E-state index is 6.87. The number of hydrogen-bond acceptors (Lipinski definition) is 8. The van der Waals surface area contributed by atoms with Gasteiger partial charge in [-0.05, 0) is 78.6 Å². The maximum atomic E-state index is 6.87. The second-order valence-electron chi connectivity index (χ2n) is 12.5. The van der Waals surface area contributed by atoms with E-state index in [4.69, 9.17) is 36.7 Å². The predicted octanol–water partition coefficient (Wildman–Crippen LogP) is 5.11. The molecule has 0 aromatic heterocycles. The minimum absolute atomic E-state index is 0.384. The topological polar surface area (TPSA) is 73.8 Å². The lowest BCUT2D eigenvalue weighted by Gasteiger charge is -2.49. The van der Waals surface area contributed by atoms with E-state index in [0.717, 1.165) is 0 Å². The van der Waals surface area contributed by atoms with Crippen LogP contribution in [0.1, 0.15) is 0 Å². The summed E-state index contributed by atoms with van der Waals surface area (Å²) in [4.78, 5) is 0. The van der Waals surface area contributed by atoms with Crippen molar-refractivity contribution < 1.29 is 36.7 Å². The van der Waals surface area contributed by atoms with Gasteiger partial charge in [-0.1, -0.05) is 0 Å². The van der Waals surface area contributed by atoms with Crippen LogP contribution in [0, 0.1) is 0 Å². The fourth-order valence-electron chi connectivity index (χ4n) is 3.55. The number of hydrogen-bond donors (Lipinski definition) is 0. The molecule has 0 heterocycles. The van der Waals surface area contributed by atoms with Gasteiger partial charge in [-0.15, -0.1) is 0 Å². The highest BCUT2D eigenvalue weighted by molar-refractivity contribution is 6.71. The Labute approximate surface area is 213 Å². The van der Waals surface area contributed by atoms with Crippen molar-refractivity contribution in [1.29, 1.82) is 0 Å². The van der Waals surface area contributed by atoms with Crippen LogP contribution in [0.2, 0.25) is 78.6 Å². The van der Waals surface area contributed by atoms with E-state index in [1.54, 1.807) is 28.4 Å². The Kier molecular flexibility index (Phi) is 13.6. The van der Waals surface area contributed by atoms with Crippen molar-refractivity contribution >= 4 is 33.3 Å². The minimum atomic E-state index is -2.15. The Morgan fingerprint density at radius 3 is 1.26 bits per heavy atom. The highest BCUT2D eigenvalue weighted by atomic mass is 28.4. The molecule has 0 aromatic carbocycles. The lowest BCUT2D eigenvalue weighted by molar-refractivity contribution is -0.365. The van der Waals surface area contributed by atoms with Crippen LogP contribution in [-0.4, -0.2) is 98.7 Å². The Morgan fingerprint density at radius 2 is 0.971 bits per heavy atom. The summed E-state index contributed by atoms with van der Waals surface area (Å²) in [6.07, 6.45) is -2.47. The maximum Gasteiger partial charge on any atom is 0.248 e. The molecule has 0 aliphatic rings. The molecule has 12 heteroatoms. The van der Waals surface area contributed by atoms with Crippen molar-refractivity contribution in [2.75, 3.05) is 35.0 Å². The second kappa shape index (κ2) is 13.4. The van der Waals surface area contributed by atoms with E-state index in [-0.39, 0.29) is 6.10 Å². The molecule has 0 radical (unpaired) electrons. The van der Waals surface area contributed by atoms with Crippen LogP contribution >= 0.6 is 0 Å². The summed E-state index contributed by atoms with van der Waals surface area (Å²) in [5.41, 5.74) is 0. The van der Waals surface area contributed by atoms with Crippen LogP contribution in [-0.2, 0) is 36.7 Å². The molecule has 0 fully saturated rings. The highest BCUT2D eigenvalue weighted by Crippen LogP contribution is 2.35. The first-order valence-electron chi connectivity index (χ1n) is 12.0. The largest absolute Gasteiger partial charge is 0.415 e. The molecule has 0 bridgehead atoms. The molecule has 0 saturated heterocycles. The molecule has 34 heavy (non-hydrogen) atoms. The number of methoxy groups -OCH3 is 4. The first-order chi connectivity index (χ1) is 15.1. The fourth-order valence-corrected chi connectivity index (χ4v) is 7.48. The molecule has 0 rings (SSSR count). The van der Waals surface area contributed by atoms with Crippen molar-refractivity contribution in [2.24, 2.45) is 0 Å². The van der Waals surface area contributed by atoms with Gasteiger partial charge in [-0.2, -0.15) is 0 Å². The summed E-state index contributed by atoms with van der Waals surface area (Å²) >= 11 is 0. The molecular weight excluding hydrogens is 505 g/mol. The van der Waals surface area contributed by atoms with E-state index >= 15 is 0 Å². The average Bonchev–Trinajstić information content (AvgIpc) is 2.63. The Morgan fingerprint density at radius 1 is 0.559 bits per heavy atom. The van der Waals surface area contributed by atoms with Crippen LogP contribution in [0.4, 0.5) is 0 Å². The fraction of sp³-hybridized carbons (Fsp3) is 1.00. The summed E-state index contributed by atoms with van der Waals surface area (Å²) in [7, 11) is -1.80. The lowest BCUT2D eigenvalue weighted by atomic mass is 9.99. The lowest BCUT2D eigenvalue weighted by Crippen LogP contribution is -2.67.